The Morgan fingerprint density at radius 1 is 1.10 bits per heavy atom. The van der Waals surface area contributed by atoms with Crippen LogP contribution in [0.4, 0.5) is 4.39 Å². The van der Waals surface area contributed by atoms with Crippen LogP contribution in [-0.2, 0) is 6.42 Å². The molecule has 2 rings (SSSR count). The number of rotatable bonds is 7. The van der Waals surface area contributed by atoms with Crippen molar-refractivity contribution < 1.29 is 4.39 Å². The summed E-state index contributed by atoms with van der Waals surface area (Å²) in [6.07, 6.45) is 3.04. The Morgan fingerprint density at radius 2 is 1.86 bits per heavy atom. The lowest BCUT2D eigenvalue weighted by Crippen LogP contribution is -2.22. The molecule has 0 aliphatic heterocycles. The third-order valence-corrected chi connectivity index (χ3v) is 3.78. The summed E-state index contributed by atoms with van der Waals surface area (Å²) in [5.41, 5.74) is 3.25. The Hall–Kier alpha value is -1.67. The maximum Gasteiger partial charge on any atom is 0.127 e. The molecule has 1 nitrogen and oxygen atoms in total. The van der Waals surface area contributed by atoms with E-state index in [1.807, 2.05) is 25.1 Å². The third-order valence-electron chi connectivity index (χ3n) is 3.78. The molecule has 112 valence electrons. The standard InChI is InChI=1S/C19H24FN/c1-3-21-19(17-14-15(2)12-13-18(17)20)11-7-10-16-8-5-4-6-9-16/h4-6,8-9,12-14,19,21H,3,7,10-11H2,1-2H3. The van der Waals surface area contributed by atoms with E-state index in [-0.39, 0.29) is 11.9 Å². The fourth-order valence-electron chi connectivity index (χ4n) is 2.70. The van der Waals surface area contributed by atoms with Gasteiger partial charge in [0.05, 0.1) is 0 Å². The predicted octanol–water partition coefficient (Wildman–Crippen LogP) is 4.81. The molecule has 0 heterocycles. The lowest BCUT2D eigenvalue weighted by molar-refractivity contribution is 0.472. The maximum atomic E-state index is 14.1. The average molecular weight is 285 g/mol. The second-order valence-electron chi connectivity index (χ2n) is 5.51. The van der Waals surface area contributed by atoms with Crippen molar-refractivity contribution in [3.63, 3.8) is 0 Å². The average Bonchev–Trinajstić information content (AvgIpc) is 2.50. The van der Waals surface area contributed by atoms with Crippen LogP contribution in [0.3, 0.4) is 0 Å². The minimum Gasteiger partial charge on any atom is -0.310 e. The summed E-state index contributed by atoms with van der Waals surface area (Å²) in [7, 11) is 0. The van der Waals surface area contributed by atoms with E-state index in [9.17, 15) is 4.39 Å². The summed E-state index contributed by atoms with van der Waals surface area (Å²) in [5.74, 6) is -0.105. The van der Waals surface area contributed by atoms with Gasteiger partial charge in [0.2, 0.25) is 0 Å². The van der Waals surface area contributed by atoms with Crippen LogP contribution in [0.2, 0.25) is 0 Å². The van der Waals surface area contributed by atoms with E-state index >= 15 is 0 Å². The number of hydrogen-bond donors (Lipinski definition) is 1. The first-order valence-electron chi connectivity index (χ1n) is 7.74. The fraction of sp³-hybridized carbons (Fsp3) is 0.368. The van der Waals surface area contributed by atoms with Gasteiger partial charge in [0.1, 0.15) is 5.82 Å². The van der Waals surface area contributed by atoms with Gasteiger partial charge in [-0.3, -0.25) is 0 Å². The summed E-state index contributed by atoms with van der Waals surface area (Å²) in [5, 5.41) is 3.41. The SMILES string of the molecule is CCNC(CCCc1ccccc1)c1cc(C)ccc1F. The fourth-order valence-corrected chi connectivity index (χ4v) is 2.70. The molecule has 0 aliphatic carbocycles. The minimum absolute atomic E-state index is 0.0959. The van der Waals surface area contributed by atoms with Crippen molar-refractivity contribution in [2.45, 2.75) is 39.2 Å². The van der Waals surface area contributed by atoms with Crippen molar-refractivity contribution in [2.75, 3.05) is 6.54 Å². The van der Waals surface area contributed by atoms with E-state index < -0.39 is 0 Å². The van der Waals surface area contributed by atoms with E-state index in [0.29, 0.717) is 0 Å². The number of benzene rings is 2. The molecular formula is C19H24FN. The van der Waals surface area contributed by atoms with E-state index in [2.05, 4.69) is 36.5 Å². The molecule has 0 aromatic heterocycles. The van der Waals surface area contributed by atoms with Crippen LogP contribution in [0, 0.1) is 12.7 Å². The smallest absolute Gasteiger partial charge is 0.127 e. The predicted molar refractivity (Wildman–Crippen MR) is 86.9 cm³/mol. The molecule has 2 aromatic carbocycles. The van der Waals surface area contributed by atoms with Crippen molar-refractivity contribution >= 4 is 0 Å². The van der Waals surface area contributed by atoms with Crippen LogP contribution in [0.25, 0.3) is 0 Å². The minimum atomic E-state index is -0.105. The first kappa shape index (κ1) is 15.7. The highest BCUT2D eigenvalue weighted by Crippen LogP contribution is 2.23. The number of nitrogens with one attached hydrogen (secondary N) is 1. The molecule has 0 saturated carbocycles. The molecule has 21 heavy (non-hydrogen) atoms. The van der Waals surface area contributed by atoms with Crippen molar-refractivity contribution in [3.8, 4) is 0 Å². The number of aryl methyl sites for hydroxylation is 2. The molecule has 0 saturated heterocycles. The van der Waals surface area contributed by atoms with Gasteiger partial charge >= 0.3 is 0 Å². The topological polar surface area (TPSA) is 12.0 Å². The third kappa shape index (κ3) is 4.68. The molecule has 2 heteroatoms. The Labute approximate surface area is 127 Å². The summed E-state index contributed by atoms with van der Waals surface area (Å²) in [6.45, 7) is 4.93. The van der Waals surface area contributed by atoms with Crippen molar-refractivity contribution in [2.24, 2.45) is 0 Å². The van der Waals surface area contributed by atoms with Gasteiger partial charge < -0.3 is 5.32 Å². The lowest BCUT2D eigenvalue weighted by atomic mass is 9.97. The van der Waals surface area contributed by atoms with Gasteiger partial charge in [-0.2, -0.15) is 0 Å². The highest BCUT2D eigenvalue weighted by molar-refractivity contribution is 5.27. The van der Waals surface area contributed by atoms with E-state index in [4.69, 9.17) is 0 Å². The molecule has 1 atom stereocenters. The Morgan fingerprint density at radius 3 is 2.57 bits per heavy atom. The van der Waals surface area contributed by atoms with Gasteiger partial charge in [0.25, 0.3) is 0 Å². The summed E-state index contributed by atoms with van der Waals surface area (Å²) in [6, 6.07) is 15.9. The second-order valence-corrected chi connectivity index (χ2v) is 5.51. The zero-order valence-corrected chi connectivity index (χ0v) is 12.9. The molecule has 0 bridgehead atoms. The molecule has 0 fully saturated rings. The summed E-state index contributed by atoms with van der Waals surface area (Å²) in [4.78, 5) is 0. The largest absolute Gasteiger partial charge is 0.310 e. The first-order valence-corrected chi connectivity index (χ1v) is 7.74. The van der Waals surface area contributed by atoms with Gasteiger partial charge in [-0.05, 0) is 44.4 Å². The molecule has 1 N–H and O–H groups in total. The zero-order valence-electron chi connectivity index (χ0n) is 12.9. The quantitative estimate of drug-likeness (QED) is 0.770. The molecular weight excluding hydrogens is 261 g/mol. The van der Waals surface area contributed by atoms with Gasteiger partial charge in [-0.15, -0.1) is 0 Å². The van der Waals surface area contributed by atoms with Gasteiger partial charge in [-0.25, -0.2) is 4.39 Å². The van der Waals surface area contributed by atoms with Crippen LogP contribution < -0.4 is 5.32 Å². The maximum absolute atomic E-state index is 14.1. The van der Waals surface area contributed by atoms with Crippen LogP contribution in [0.1, 0.15) is 42.5 Å². The van der Waals surface area contributed by atoms with E-state index in [1.165, 1.54) is 5.56 Å². The van der Waals surface area contributed by atoms with E-state index in [1.54, 1.807) is 6.07 Å². The van der Waals surface area contributed by atoms with Crippen molar-refractivity contribution in [1.82, 2.24) is 5.32 Å². The molecule has 2 aromatic rings. The zero-order chi connectivity index (χ0) is 15.1. The molecule has 0 amide bonds. The number of halogens is 1. The Balaban J connectivity index is 2.00. The van der Waals surface area contributed by atoms with Gasteiger partial charge in [-0.1, -0.05) is 55.0 Å². The molecule has 1 unspecified atom stereocenters. The number of hydrogen-bond acceptors (Lipinski definition) is 1. The van der Waals surface area contributed by atoms with Crippen molar-refractivity contribution in [3.05, 3.63) is 71.0 Å². The van der Waals surface area contributed by atoms with Crippen LogP contribution in [-0.4, -0.2) is 6.54 Å². The summed E-state index contributed by atoms with van der Waals surface area (Å²) < 4.78 is 14.1. The molecule has 0 aliphatic rings. The highest BCUT2D eigenvalue weighted by atomic mass is 19.1. The summed E-state index contributed by atoms with van der Waals surface area (Å²) >= 11 is 0. The van der Waals surface area contributed by atoms with Crippen LogP contribution >= 0.6 is 0 Å². The van der Waals surface area contributed by atoms with Crippen LogP contribution in [0.5, 0.6) is 0 Å². The van der Waals surface area contributed by atoms with E-state index in [0.717, 1.165) is 36.9 Å². The van der Waals surface area contributed by atoms with Crippen LogP contribution in [0.15, 0.2) is 48.5 Å². The first-order chi connectivity index (χ1) is 10.2. The van der Waals surface area contributed by atoms with Gasteiger partial charge in [0.15, 0.2) is 0 Å². The Bertz CT molecular complexity index is 551. The monoisotopic (exact) mass is 285 g/mol. The van der Waals surface area contributed by atoms with Crippen molar-refractivity contribution in [1.29, 1.82) is 0 Å². The second kappa shape index (κ2) is 7.94. The molecule has 0 spiro atoms. The molecule has 0 radical (unpaired) electrons. The highest BCUT2D eigenvalue weighted by Gasteiger charge is 2.14. The van der Waals surface area contributed by atoms with Gasteiger partial charge in [0, 0.05) is 11.6 Å². The Kier molecular flexibility index (Phi) is 5.94. The normalized spacial score (nSPS) is 12.3. The lowest BCUT2D eigenvalue weighted by Gasteiger charge is -2.19.